The first-order valence-corrected chi connectivity index (χ1v) is 18.5. The molecule has 50 heavy (non-hydrogen) atoms. The van der Waals surface area contributed by atoms with E-state index in [1.807, 2.05) is 25.2 Å². The number of allylic oxidation sites excluding steroid dienone is 6. The Balaban J connectivity index is 1.22. The van der Waals surface area contributed by atoms with Crippen LogP contribution in [0.3, 0.4) is 0 Å². The van der Waals surface area contributed by atoms with E-state index in [4.69, 9.17) is 14.2 Å². The van der Waals surface area contributed by atoms with E-state index in [9.17, 15) is 19.5 Å². The minimum Gasteiger partial charge on any atom is -0.496 e. The van der Waals surface area contributed by atoms with Gasteiger partial charge in [-0.3, -0.25) is 4.79 Å². The fourth-order valence-electron chi connectivity index (χ4n) is 10.5. The lowest BCUT2D eigenvalue weighted by atomic mass is 9.35. The number of aliphatic hydroxyl groups is 1. The molecule has 5 aliphatic rings. The monoisotopic (exact) mass is 686 g/mol. The van der Waals surface area contributed by atoms with Crippen LogP contribution in [0.5, 0.6) is 5.75 Å². The van der Waals surface area contributed by atoms with Crippen molar-refractivity contribution >= 4 is 23.8 Å². The maximum atomic E-state index is 13.6. The molecule has 0 aromatic heterocycles. The second kappa shape index (κ2) is 14.3. The third-order valence-electron chi connectivity index (χ3n) is 13.7. The summed E-state index contributed by atoms with van der Waals surface area (Å²) in [6, 6.07) is 2.05. The van der Waals surface area contributed by atoms with Crippen LogP contribution >= 0.6 is 0 Å². The maximum absolute atomic E-state index is 13.6. The first-order valence-electron chi connectivity index (χ1n) is 18.5. The van der Waals surface area contributed by atoms with Gasteiger partial charge < -0.3 is 19.3 Å². The van der Waals surface area contributed by atoms with E-state index in [1.165, 1.54) is 17.2 Å². The number of hydrogen-bond acceptors (Lipinski definition) is 7. The van der Waals surface area contributed by atoms with Crippen molar-refractivity contribution in [2.24, 2.45) is 39.9 Å². The molecule has 5 aliphatic carbocycles. The molecule has 0 amide bonds. The van der Waals surface area contributed by atoms with Gasteiger partial charge in [0, 0.05) is 23.8 Å². The third-order valence-corrected chi connectivity index (χ3v) is 13.7. The molecule has 6 rings (SSSR count). The van der Waals surface area contributed by atoms with E-state index >= 15 is 0 Å². The fourth-order valence-corrected chi connectivity index (χ4v) is 10.5. The number of ether oxygens (including phenoxy) is 3. The number of hydrogen-bond donors (Lipinski definition) is 1. The first-order chi connectivity index (χ1) is 23.5. The number of aliphatic hydroxyl groups excluding tert-OH is 1. The summed E-state index contributed by atoms with van der Waals surface area (Å²) in [5, 5.41) is 11.8. The van der Waals surface area contributed by atoms with Crippen molar-refractivity contribution in [3.8, 4) is 5.75 Å². The fraction of sp³-hybridized carbons (Fsp3) is 0.605. The zero-order chi connectivity index (χ0) is 36.8. The predicted molar refractivity (Wildman–Crippen MR) is 196 cm³/mol. The Kier molecular flexibility index (Phi) is 10.8. The standard InChI is InChI=1S/C43H58O7/c1-11-41(8)23-35(42(9)19-17-32-38(40(41)47)30(7)43(32)20-18-33(44)39(42)43)50-37(46)24-49-36(45)21-26(3)14-12-13-25(2)15-16-31-27(4)22-34(48-10)29(6)28(31)5/h12-16,21-22,30,32,35,38-40,47H,11,17-20,23-24H2,1-10H3/b14-12+,16-15+,25-13+,26-21+/t30-,32-,35+,38?,39-,40-,41+,42?,43?/m0/s1. The summed E-state index contributed by atoms with van der Waals surface area (Å²) >= 11 is 0. The number of ketones is 1. The van der Waals surface area contributed by atoms with Gasteiger partial charge in [0.25, 0.3) is 0 Å². The zero-order valence-corrected chi connectivity index (χ0v) is 31.9. The molecule has 1 aromatic rings. The van der Waals surface area contributed by atoms with Gasteiger partial charge in [-0.1, -0.05) is 63.6 Å². The van der Waals surface area contributed by atoms with Crippen molar-refractivity contribution in [2.75, 3.05) is 13.7 Å². The van der Waals surface area contributed by atoms with Gasteiger partial charge in [-0.2, -0.15) is 0 Å². The molecule has 5 fully saturated rings. The molecule has 1 aromatic carbocycles. The number of methoxy groups -OCH3 is 1. The summed E-state index contributed by atoms with van der Waals surface area (Å²) in [6.45, 7) is 18.1. The highest BCUT2D eigenvalue weighted by Gasteiger charge is 2.76. The van der Waals surface area contributed by atoms with Crippen LogP contribution in [0.2, 0.25) is 0 Å². The average molecular weight is 687 g/mol. The number of fused-ring (bicyclic) bond motifs is 4. The summed E-state index contributed by atoms with van der Waals surface area (Å²) in [5.74, 6) is 0.470. The van der Waals surface area contributed by atoms with Crippen LogP contribution in [-0.4, -0.2) is 48.8 Å². The van der Waals surface area contributed by atoms with Crippen molar-refractivity contribution in [1.29, 1.82) is 0 Å². The molecular weight excluding hydrogens is 628 g/mol. The van der Waals surface area contributed by atoms with E-state index in [0.29, 0.717) is 24.3 Å². The van der Waals surface area contributed by atoms with Crippen molar-refractivity contribution in [3.05, 3.63) is 69.8 Å². The molecule has 1 N–H and O–H groups in total. The van der Waals surface area contributed by atoms with Gasteiger partial charge in [-0.25, -0.2) is 9.59 Å². The Morgan fingerprint density at radius 2 is 1.78 bits per heavy atom. The molecule has 7 heteroatoms. The minimum absolute atomic E-state index is 0.126. The van der Waals surface area contributed by atoms with Gasteiger partial charge in [0.05, 0.1) is 13.2 Å². The molecule has 0 saturated heterocycles. The summed E-state index contributed by atoms with van der Waals surface area (Å²) < 4.78 is 17.0. The third kappa shape index (κ3) is 6.44. The number of benzene rings is 1. The summed E-state index contributed by atoms with van der Waals surface area (Å²) in [7, 11) is 1.69. The average Bonchev–Trinajstić information content (AvgIpc) is 3.47. The molecule has 4 bridgehead atoms. The van der Waals surface area contributed by atoms with Gasteiger partial charge in [-0.05, 0) is 129 Å². The summed E-state index contributed by atoms with van der Waals surface area (Å²) in [6.07, 6.45) is 14.4. The van der Waals surface area contributed by atoms with Gasteiger partial charge in [-0.15, -0.1) is 0 Å². The smallest absolute Gasteiger partial charge is 0.344 e. The van der Waals surface area contributed by atoms with Gasteiger partial charge in [0.1, 0.15) is 17.6 Å². The Hall–Kier alpha value is -3.45. The largest absolute Gasteiger partial charge is 0.496 e. The molecule has 3 unspecified atom stereocenters. The molecule has 0 radical (unpaired) electrons. The Labute approximate surface area is 299 Å². The van der Waals surface area contributed by atoms with Crippen LogP contribution in [0.1, 0.15) is 102 Å². The Bertz CT molecular complexity index is 1650. The van der Waals surface area contributed by atoms with Gasteiger partial charge in [0.2, 0.25) is 0 Å². The van der Waals surface area contributed by atoms with Crippen molar-refractivity contribution in [2.45, 2.75) is 113 Å². The highest BCUT2D eigenvalue weighted by atomic mass is 16.6. The number of carbonyl (C=O) groups is 3. The molecule has 0 heterocycles. The Morgan fingerprint density at radius 1 is 1.06 bits per heavy atom. The highest BCUT2D eigenvalue weighted by Crippen LogP contribution is 2.76. The van der Waals surface area contributed by atoms with Crippen LogP contribution < -0.4 is 4.74 Å². The van der Waals surface area contributed by atoms with Crippen LogP contribution in [0, 0.1) is 60.7 Å². The molecule has 5 saturated carbocycles. The number of carbonyl (C=O) groups excluding carboxylic acids is 3. The number of esters is 2. The lowest BCUT2D eigenvalue weighted by molar-refractivity contribution is -0.240. The predicted octanol–water partition coefficient (Wildman–Crippen LogP) is 8.37. The zero-order valence-electron chi connectivity index (χ0n) is 31.9. The lowest BCUT2D eigenvalue weighted by Crippen LogP contribution is -2.67. The SMILES string of the molecule is CC[C@]1(C)C[C@@H](OC(=O)COC(=O)/C=C(C)/C=C/C=C(C)/C=C/c2c(C)cc(OC)c(C)c2C)C2(C)CC[C@H]3C([C@H](C)C34CCC(=O)[C@@H]24)[C@@H]1O. The van der Waals surface area contributed by atoms with E-state index in [1.54, 1.807) is 14.0 Å². The van der Waals surface area contributed by atoms with E-state index < -0.39 is 41.6 Å². The van der Waals surface area contributed by atoms with Crippen molar-refractivity contribution in [3.63, 3.8) is 0 Å². The van der Waals surface area contributed by atoms with Crippen LogP contribution in [0.4, 0.5) is 0 Å². The molecular formula is C43H58O7. The van der Waals surface area contributed by atoms with E-state index in [-0.39, 0.29) is 29.0 Å². The number of Topliss-reactive ketones (excluding diaryl/α,β-unsaturated/α-hetero) is 1. The maximum Gasteiger partial charge on any atom is 0.344 e. The normalized spacial score (nSPS) is 35.4. The molecule has 9 atom stereocenters. The van der Waals surface area contributed by atoms with E-state index in [0.717, 1.165) is 48.1 Å². The van der Waals surface area contributed by atoms with Crippen molar-refractivity contribution < 1.29 is 33.7 Å². The quantitative estimate of drug-likeness (QED) is 0.150. The Morgan fingerprint density at radius 3 is 2.46 bits per heavy atom. The lowest BCUT2D eigenvalue weighted by Gasteiger charge is -2.68. The topological polar surface area (TPSA) is 99.1 Å². The highest BCUT2D eigenvalue weighted by molar-refractivity contribution is 5.87. The molecule has 7 nitrogen and oxygen atoms in total. The number of rotatable bonds is 10. The van der Waals surface area contributed by atoms with Crippen LogP contribution in [-0.2, 0) is 23.9 Å². The first kappa shape index (κ1) is 37.8. The summed E-state index contributed by atoms with van der Waals surface area (Å²) in [4.78, 5) is 39.6. The van der Waals surface area contributed by atoms with E-state index in [2.05, 4.69) is 66.7 Å². The van der Waals surface area contributed by atoms with Gasteiger partial charge in [0.15, 0.2) is 6.61 Å². The van der Waals surface area contributed by atoms with Crippen LogP contribution in [0.25, 0.3) is 6.08 Å². The summed E-state index contributed by atoms with van der Waals surface area (Å²) in [5.41, 5.74) is 5.23. The molecule has 1 spiro atoms. The number of aryl methyl sites for hydroxylation is 1. The molecule has 272 valence electrons. The minimum atomic E-state index is -0.625. The second-order valence-corrected chi connectivity index (χ2v) is 16.3. The second-order valence-electron chi connectivity index (χ2n) is 16.3. The van der Waals surface area contributed by atoms with Crippen molar-refractivity contribution in [1.82, 2.24) is 0 Å². The van der Waals surface area contributed by atoms with Crippen LogP contribution in [0.15, 0.2) is 47.6 Å². The van der Waals surface area contributed by atoms with Gasteiger partial charge >= 0.3 is 11.9 Å². The molecule has 0 aliphatic heterocycles.